The molecule has 13 heavy (non-hydrogen) atoms. The van der Waals surface area contributed by atoms with Crippen LogP contribution in [0.25, 0.3) is 0 Å². The summed E-state index contributed by atoms with van der Waals surface area (Å²) in [7, 11) is 4.00. The number of likely N-dealkylation sites (N-methyl/N-ethyl adjacent to an activating group) is 1. The number of aromatic nitrogens is 2. The number of morpholine rings is 1. The highest BCUT2D eigenvalue weighted by atomic mass is 16.5. The van der Waals surface area contributed by atoms with Gasteiger partial charge in [0.1, 0.15) is 0 Å². The molecule has 1 aromatic heterocycles. The van der Waals surface area contributed by atoms with Crippen molar-refractivity contribution in [3.8, 4) is 0 Å². The average molecular weight is 183 g/mol. The summed E-state index contributed by atoms with van der Waals surface area (Å²) in [5.74, 6) is 0. The molecule has 0 radical (unpaired) electrons. The zero-order valence-electron chi connectivity index (χ0n) is 8.31. The summed E-state index contributed by atoms with van der Waals surface area (Å²) in [5.41, 5.74) is 0. The van der Waals surface area contributed by atoms with E-state index in [4.69, 9.17) is 4.74 Å². The molecular formula is C9H17N3O. The van der Waals surface area contributed by atoms with Crippen LogP contribution < -0.4 is 0 Å². The Morgan fingerprint density at radius 2 is 1.92 bits per heavy atom. The second-order valence-electron chi connectivity index (χ2n) is 3.10. The first-order valence-corrected chi connectivity index (χ1v) is 4.49. The van der Waals surface area contributed by atoms with Gasteiger partial charge in [-0.3, -0.25) is 4.68 Å². The number of nitrogens with zero attached hydrogens (tertiary/aromatic N) is 3. The van der Waals surface area contributed by atoms with Crippen molar-refractivity contribution in [3.63, 3.8) is 0 Å². The molecule has 4 nitrogen and oxygen atoms in total. The fourth-order valence-electron chi connectivity index (χ4n) is 1.000. The molecule has 2 heterocycles. The standard InChI is InChI=1S/C5H11NO.C4H6N2/c1-6-2-4-7-5-3-6;1-6-4-2-3-5-6/h2-5H2,1H3;2-4H,1H3. The van der Waals surface area contributed by atoms with Crippen molar-refractivity contribution in [2.45, 2.75) is 0 Å². The molecule has 0 saturated carbocycles. The molecule has 4 heteroatoms. The number of rotatable bonds is 0. The molecule has 0 atom stereocenters. The highest BCUT2D eigenvalue weighted by Gasteiger charge is 2.02. The van der Waals surface area contributed by atoms with Crippen LogP contribution in [0.2, 0.25) is 0 Å². The van der Waals surface area contributed by atoms with Gasteiger partial charge in [0.05, 0.1) is 13.2 Å². The Morgan fingerprint density at radius 3 is 2.15 bits per heavy atom. The van der Waals surface area contributed by atoms with Crippen molar-refractivity contribution in [1.82, 2.24) is 14.7 Å². The van der Waals surface area contributed by atoms with Crippen LogP contribution >= 0.6 is 0 Å². The van der Waals surface area contributed by atoms with Crippen LogP contribution in [0, 0.1) is 0 Å². The minimum absolute atomic E-state index is 0.913. The Balaban J connectivity index is 0.000000132. The minimum atomic E-state index is 0.913. The van der Waals surface area contributed by atoms with Gasteiger partial charge in [-0.05, 0) is 13.1 Å². The van der Waals surface area contributed by atoms with E-state index in [1.54, 1.807) is 10.9 Å². The smallest absolute Gasteiger partial charge is 0.0594 e. The Bertz CT molecular complexity index is 205. The SMILES string of the molecule is CN1CCOCC1.Cn1cccn1. The molecule has 1 aliphatic heterocycles. The van der Waals surface area contributed by atoms with Gasteiger partial charge in [0, 0.05) is 32.5 Å². The summed E-state index contributed by atoms with van der Waals surface area (Å²) in [6, 6.07) is 1.89. The summed E-state index contributed by atoms with van der Waals surface area (Å²) in [5, 5.41) is 3.83. The second kappa shape index (κ2) is 5.72. The van der Waals surface area contributed by atoms with Crippen molar-refractivity contribution < 1.29 is 4.74 Å². The second-order valence-corrected chi connectivity index (χ2v) is 3.10. The predicted molar refractivity (Wildman–Crippen MR) is 51.5 cm³/mol. The molecule has 0 aliphatic carbocycles. The van der Waals surface area contributed by atoms with Crippen LogP contribution in [0.3, 0.4) is 0 Å². The highest BCUT2D eigenvalue weighted by molar-refractivity contribution is 4.75. The van der Waals surface area contributed by atoms with Gasteiger partial charge >= 0.3 is 0 Å². The zero-order valence-corrected chi connectivity index (χ0v) is 8.31. The molecule has 1 aliphatic rings. The third-order valence-electron chi connectivity index (χ3n) is 1.87. The zero-order chi connectivity index (χ0) is 9.52. The van der Waals surface area contributed by atoms with E-state index in [1.165, 1.54) is 0 Å². The van der Waals surface area contributed by atoms with E-state index in [0.717, 1.165) is 26.3 Å². The summed E-state index contributed by atoms with van der Waals surface area (Å²) < 4.78 is 6.85. The molecular weight excluding hydrogens is 166 g/mol. The Labute approximate surface area is 79.1 Å². The fourth-order valence-corrected chi connectivity index (χ4v) is 1.000. The van der Waals surface area contributed by atoms with E-state index in [9.17, 15) is 0 Å². The number of hydrogen-bond donors (Lipinski definition) is 0. The maximum atomic E-state index is 5.10. The highest BCUT2D eigenvalue weighted by Crippen LogP contribution is 1.89. The van der Waals surface area contributed by atoms with Gasteiger partial charge in [-0.15, -0.1) is 0 Å². The van der Waals surface area contributed by atoms with Gasteiger partial charge in [0.15, 0.2) is 0 Å². The fraction of sp³-hybridized carbons (Fsp3) is 0.667. The largest absolute Gasteiger partial charge is 0.379 e. The number of hydrogen-bond acceptors (Lipinski definition) is 3. The molecule has 0 bridgehead atoms. The molecule has 0 N–H and O–H groups in total. The minimum Gasteiger partial charge on any atom is -0.379 e. The molecule has 0 aromatic carbocycles. The third-order valence-corrected chi connectivity index (χ3v) is 1.87. The van der Waals surface area contributed by atoms with E-state index in [-0.39, 0.29) is 0 Å². The Kier molecular flexibility index (Phi) is 4.49. The lowest BCUT2D eigenvalue weighted by Gasteiger charge is -2.21. The van der Waals surface area contributed by atoms with Gasteiger partial charge in [-0.1, -0.05) is 0 Å². The Hall–Kier alpha value is -0.870. The number of aryl methyl sites for hydroxylation is 1. The molecule has 0 spiro atoms. The van der Waals surface area contributed by atoms with Crippen molar-refractivity contribution in [2.75, 3.05) is 33.4 Å². The van der Waals surface area contributed by atoms with Crippen LogP contribution in [0.4, 0.5) is 0 Å². The van der Waals surface area contributed by atoms with Gasteiger partial charge in [0.2, 0.25) is 0 Å². The summed E-state index contributed by atoms with van der Waals surface area (Å²) in [4.78, 5) is 2.27. The van der Waals surface area contributed by atoms with Gasteiger partial charge in [0.25, 0.3) is 0 Å². The van der Waals surface area contributed by atoms with Crippen LogP contribution in [-0.2, 0) is 11.8 Å². The maximum absolute atomic E-state index is 5.10. The predicted octanol–water partition coefficient (Wildman–Crippen LogP) is 0.368. The normalized spacial score (nSPS) is 17.7. The third kappa shape index (κ3) is 4.65. The van der Waals surface area contributed by atoms with Crippen molar-refractivity contribution >= 4 is 0 Å². The van der Waals surface area contributed by atoms with E-state index in [2.05, 4.69) is 17.0 Å². The molecule has 74 valence electrons. The summed E-state index contributed by atoms with van der Waals surface area (Å²) in [6.07, 6.45) is 3.64. The molecule has 1 saturated heterocycles. The van der Waals surface area contributed by atoms with Gasteiger partial charge in [-0.2, -0.15) is 5.10 Å². The topological polar surface area (TPSA) is 30.3 Å². The van der Waals surface area contributed by atoms with E-state index in [0.29, 0.717) is 0 Å². The van der Waals surface area contributed by atoms with Crippen LogP contribution in [0.5, 0.6) is 0 Å². The van der Waals surface area contributed by atoms with Crippen molar-refractivity contribution in [2.24, 2.45) is 7.05 Å². The first-order valence-electron chi connectivity index (χ1n) is 4.49. The van der Waals surface area contributed by atoms with Gasteiger partial charge in [-0.25, -0.2) is 0 Å². The van der Waals surface area contributed by atoms with Crippen LogP contribution in [0.15, 0.2) is 18.5 Å². The Morgan fingerprint density at radius 1 is 1.23 bits per heavy atom. The van der Waals surface area contributed by atoms with Gasteiger partial charge < -0.3 is 9.64 Å². The lowest BCUT2D eigenvalue weighted by atomic mass is 10.5. The summed E-state index contributed by atoms with van der Waals surface area (Å²) >= 11 is 0. The van der Waals surface area contributed by atoms with Crippen molar-refractivity contribution in [3.05, 3.63) is 18.5 Å². The first kappa shape index (κ1) is 10.2. The van der Waals surface area contributed by atoms with E-state index < -0.39 is 0 Å². The van der Waals surface area contributed by atoms with Crippen LogP contribution in [0.1, 0.15) is 0 Å². The van der Waals surface area contributed by atoms with Crippen molar-refractivity contribution in [1.29, 1.82) is 0 Å². The molecule has 1 fully saturated rings. The monoisotopic (exact) mass is 183 g/mol. The molecule has 1 aromatic rings. The average Bonchev–Trinajstić information content (AvgIpc) is 2.58. The molecule has 0 amide bonds. The lowest BCUT2D eigenvalue weighted by molar-refractivity contribution is 0.0503. The number of ether oxygens (including phenoxy) is 1. The first-order chi connectivity index (χ1) is 6.29. The quantitative estimate of drug-likeness (QED) is 0.582. The lowest BCUT2D eigenvalue weighted by Crippen LogP contribution is -2.32. The molecule has 2 rings (SSSR count). The molecule has 0 unspecified atom stereocenters. The van der Waals surface area contributed by atoms with E-state index >= 15 is 0 Å². The van der Waals surface area contributed by atoms with E-state index in [1.807, 2.05) is 19.3 Å². The maximum Gasteiger partial charge on any atom is 0.0594 e. The summed E-state index contributed by atoms with van der Waals surface area (Å²) in [6.45, 7) is 4.02. The van der Waals surface area contributed by atoms with Crippen LogP contribution in [-0.4, -0.2) is 48.0 Å².